The predicted molar refractivity (Wildman–Crippen MR) is 257 cm³/mol. The fourth-order valence-corrected chi connectivity index (χ4v) is 7.57. The maximum atomic E-state index is 12.9. The first kappa shape index (κ1) is 42.7. The molecule has 0 aromatic heterocycles. The van der Waals surface area contributed by atoms with Crippen LogP contribution in [0.3, 0.4) is 0 Å². The molecule has 0 atom stereocenters. The van der Waals surface area contributed by atoms with Crippen molar-refractivity contribution in [1.29, 1.82) is 0 Å². The van der Waals surface area contributed by atoms with Crippen LogP contribution in [0.15, 0.2) is 127 Å². The number of unbranched alkanes of at least 4 members (excludes halogenated alkanes) is 5. The van der Waals surface area contributed by atoms with Crippen molar-refractivity contribution in [3.8, 4) is 98.7 Å². The van der Waals surface area contributed by atoms with Gasteiger partial charge in [0.25, 0.3) is 0 Å². The van der Waals surface area contributed by atoms with E-state index in [0.29, 0.717) is 24.5 Å². The number of esters is 1. The normalized spacial score (nSPS) is 10.8. The molecule has 0 saturated carbocycles. The van der Waals surface area contributed by atoms with Gasteiger partial charge in [-0.05, 0) is 159 Å². The second kappa shape index (κ2) is 20.3. The van der Waals surface area contributed by atoms with Crippen LogP contribution in [-0.2, 0) is 4.79 Å². The van der Waals surface area contributed by atoms with E-state index < -0.39 is 5.41 Å². The average Bonchev–Trinajstić information content (AvgIpc) is 3.30. The summed E-state index contributed by atoms with van der Waals surface area (Å²) in [5.41, 5.74) is 5.99. The van der Waals surface area contributed by atoms with Crippen molar-refractivity contribution in [2.75, 3.05) is 6.61 Å². The molecule has 0 unspecified atom stereocenters. The Bertz CT molecular complexity index is 2970. The molecule has 0 amide bonds. The summed E-state index contributed by atoms with van der Waals surface area (Å²) in [5, 5.41) is 6.19. The highest BCUT2D eigenvalue weighted by molar-refractivity contribution is 6.22. The highest BCUT2D eigenvalue weighted by Crippen LogP contribution is 2.46. The van der Waals surface area contributed by atoms with Gasteiger partial charge in [0, 0.05) is 17.8 Å². The van der Waals surface area contributed by atoms with Crippen molar-refractivity contribution in [1.82, 2.24) is 0 Å². The lowest BCUT2D eigenvalue weighted by molar-refractivity contribution is -0.144. The number of fused-ring (bicyclic) bond motifs is 3. The van der Waals surface area contributed by atoms with Gasteiger partial charge in [0.1, 0.15) is 23.4 Å². The SMILES string of the molecule is C#CC#CC#CC#COc1ccc2c(-c3ccc(-c4ccccc4)cc3)c3cc(OCCCCCCCC)ccc3c(-c3ccc4cc(OC(=O)C(C)(C)CC)ccc4c3)c2c1. The molecule has 4 nitrogen and oxygen atoms in total. The van der Waals surface area contributed by atoms with Crippen LogP contribution < -0.4 is 14.2 Å². The minimum atomic E-state index is -0.575. The number of ether oxygens (including phenoxy) is 3. The summed E-state index contributed by atoms with van der Waals surface area (Å²) < 4.78 is 18.3. The van der Waals surface area contributed by atoms with Crippen molar-refractivity contribution in [2.45, 2.75) is 72.6 Å². The zero-order chi connectivity index (χ0) is 43.3. The van der Waals surface area contributed by atoms with E-state index in [9.17, 15) is 4.79 Å². The van der Waals surface area contributed by atoms with Crippen LogP contribution in [-0.4, -0.2) is 12.6 Å². The highest BCUT2D eigenvalue weighted by Gasteiger charge is 2.28. The molecule has 62 heavy (non-hydrogen) atoms. The first-order valence-electron chi connectivity index (χ1n) is 21.5. The highest BCUT2D eigenvalue weighted by atomic mass is 16.5. The smallest absolute Gasteiger partial charge is 0.316 e. The van der Waals surface area contributed by atoms with Gasteiger partial charge in [-0.2, -0.15) is 0 Å². The molecule has 306 valence electrons. The lowest BCUT2D eigenvalue weighted by atomic mass is 9.85. The molecule has 0 saturated heterocycles. The summed E-state index contributed by atoms with van der Waals surface area (Å²) in [7, 11) is 0. The van der Waals surface area contributed by atoms with E-state index in [1.165, 1.54) is 25.7 Å². The van der Waals surface area contributed by atoms with Crippen LogP contribution in [0.1, 0.15) is 72.6 Å². The maximum Gasteiger partial charge on any atom is 0.316 e. The molecule has 4 heteroatoms. The van der Waals surface area contributed by atoms with E-state index in [2.05, 4.69) is 146 Å². The largest absolute Gasteiger partial charge is 0.494 e. The number of hydrogen-bond donors (Lipinski definition) is 0. The molecule has 7 aromatic carbocycles. The van der Waals surface area contributed by atoms with Gasteiger partial charge in [0.05, 0.1) is 12.0 Å². The second-order valence-corrected chi connectivity index (χ2v) is 16.0. The van der Waals surface area contributed by atoms with Crippen LogP contribution in [0, 0.1) is 53.5 Å². The zero-order valence-electron chi connectivity index (χ0n) is 36.0. The van der Waals surface area contributed by atoms with Crippen molar-refractivity contribution in [2.24, 2.45) is 5.41 Å². The van der Waals surface area contributed by atoms with Gasteiger partial charge < -0.3 is 14.2 Å². The lowest BCUT2D eigenvalue weighted by Gasteiger charge is -2.20. The Balaban J connectivity index is 1.38. The molecule has 0 fully saturated rings. The van der Waals surface area contributed by atoms with Gasteiger partial charge >= 0.3 is 5.97 Å². The third-order valence-electron chi connectivity index (χ3n) is 11.4. The lowest BCUT2D eigenvalue weighted by Crippen LogP contribution is -2.28. The molecule has 0 aliphatic carbocycles. The van der Waals surface area contributed by atoms with Gasteiger partial charge in [0.2, 0.25) is 0 Å². The summed E-state index contributed by atoms with van der Waals surface area (Å²) in [6.45, 7) is 8.71. The minimum Gasteiger partial charge on any atom is -0.494 e. The van der Waals surface area contributed by atoms with Crippen molar-refractivity contribution in [3.63, 3.8) is 0 Å². The number of rotatable bonds is 15. The van der Waals surface area contributed by atoms with Crippen molar-refractivity contribution in [3.05, 3.63) is 127 Å². The Morgan fingerprint density at radius 2 is 1.13 bits per heavy atom. The molecular formula is C58H50O4. The number of carbonyl (C=O) groups excluding carboxylic acids is 1. The average molecular weight is 811 g/mol. The first-order chi connectivity index (χ1) is 30.3. The maximum absolute atomic E-state index is 12.9. The van der Waals surface area contributed by atoms with Gasteiger partial charge in [-0.25, -0.2) is 0 Å². The molecule has 0 bridgehead atoms. The van der Waals surface area contributed by atoms with Crippen molar-refractivity contribution < 1.29 is 19.0 Å². The van der Waals surface area contributed by atoms with Crippen LogP contribution in [0.5, 0.6) is 17.2 Å². The van der Waals surface area contributed by atoms with Crippen LogP contribution in [0.2, 0.25) is 0 Å². The standard InChI is InChI=1S/C58H50O4/c1-6-9-11-13-15-20-36-60-48-33-35-52-53(40-48)55(44-26-24-43(25-27-44)42-22-18-17-19-23-42)51-34-32-49(61-37-21-16-14-12-10-7-2)41-54(51)56(52)47-29-28-46-39-50(31-30-45(46)38-47)62-57(59)58(4,5)8-3/h2,17-19,22-35,38-41H,6,8-9,11,13,15,20,36H2,1,3-5H3. The van der Waals surface area contributed by atoms with E-state index in [1.807, 2.05) is 51.1 Å². The Labute approximate surface area is 366 Å². The molecule has 0 aliphatic rings. The molecule has 0 heterocycles. The van der Waals surface area contributed by atoms with E-state index in [1.54, 1.807) is 0 Å². The van der Waals surface area contributed by atoms with Gasteiger partial charge in [0.15, 0.2) is 0 Å². The Morgan fingerprint density at radius 3 is 1.87 bits per heavy atom. The van der Waals surface area contributed by atoms with Gasteiger partial charge in [-0.1, -0.05) is 125 Å². The van der Waals surface area contributed by atoms with Gasteiger partial charge in [-0.15, -0.1) is 6.42 Å². The predicted octanol–water partition coefficient (Wildman–Crippen LogP) is 14.2. The molecule has 0 radical (unpaired) electrons. The second-order valence-electron chi connectivity index (χ2n) is 16.0. The summed E-state index contributed by atoms with van der Waals surface area (Å²) in [5.74, 6) is 17.0. The van der Waals surface area contributed by atoms with Crippen LogP contribution in [0.4, 0.5) is 0 Å². The fourth-order valence-electron chi connectivity index (χ4n) is 7.57. The Morgan fingerprint density at radius 1 is 0.548 bits per heavy atom. The zero-order valence-corrected chi connectivity index (χ0v) is 36.0. The molecule has 0 N–H and O–H groups in total. The number of carbonyl (C=O) groups is 1. The summed E-state index contributed by atoms with van der Waals surface area (Å²) >= 11 is 0. The quantitative estimate of drug-likeness (QED) is 0.0340. The molecule has 7 rings (SSSR count). The molecule has 0 spiro atoms. The Kier molecular flexibility index (Phi) is 14.0. The topological polar surface area (TPSA) is 44.8 Å². The Hall–Kier alpha value is -7.37. The first-order valence-corrected chi connectivity index (χ1v) is 21.5. The van der Waals surface area contributed by atoms with Crippen molar-refractivity contribution >= 4 is 38.3 Å². The monoisotopic (exact) mass is 810 g/mol. The van der Waals surface area contributed by atoms with E-state index in [-0.39, 0.29) is 5.97 Å². The third-order valence-corrected chi connectivity index (χ3v) is 11.4. The minimum absolute atomic E-state index is 0.244. The van der Waals surface area contributed by atoms with E-state index in [4.69, 9.17) is 20.6 Å². The third kappa shape index (κ3) is 10.1. The number of terminal acetylenes is 1. The van der Waals surface area contributed by atoms with E-state index >= 15 is 0 Å². The molecule has 7 aromatic rings. The molecular weight excluding hydrogens is 761 g/mol. The van der Waals surface area contributed by atoms with E-state index in [0.717, 1.165) is 84.3 Å². The summed E-state index contributed by atoms with van der Waals surface area (Å²) in [4.78, 5) is 12.9. The number of benzene rings is 7. The van der Waals surface area contributed by atoms with Crippen LogP contribution >= 0.6 is 0 Å². The summed E-state index contributed by atoms with van der Waals surface area (Å²) in [6.07, 6.45) is 15.8. The van der Waals surface area contributed by atoms with Crippen LogP contribution in [0.25, 0.3) is 65.7 Å². The fraction of sp³-hybridized carbons (Fsp3) is 0.224. The summed E-state index contributed by atoms with van der Waals surface area (Å²) in [6, 6.07) is 44.0. The molecule has 0 aliphatic heterocycles. The van der Waals surface area contributed by atoms with Gasteiger partial charge in [-0.3, -0.25) is 4.79 Å². The number of hydrogen-bond acceptors (Lipinski definition) is 4.